The Balaban J connectivity index is 2.23. The number of anilines is 2. The lowest BCUT2D eigenvalue weighted by molar-refractivity contribution is 0.102. The van der Waals surface area contributed by atoms with E-state index < -0.39 is 0 Å². The number of amides is 1. The molecule has 6 heteroatoms. The Morgan fingerprint density at radius 3 is 2.94 bits per heavy atom. The number of nitrogens with one attached hydrogen (secondary N) is 1. The van der Waals surface area contributed by atoms with E-state index in [0.717, 1.165) is 0 Å². The molecule has 0 spiro atoms. The van der Waals surface area contributed by atoms with Gasteiger partial charge >= 0.3 is 0 Å². The highest BCUT2D eigenvalue weighted by molar-refractivity contribution is 6.34. The first-order valence-corrected chi connectivity index (χ1v) is 5.24. The van der Waals surface area contributed by atoms with Crippen molar-refractivity contribution in [3.05, 3.63) is 40.5 Å². The molecule has 0 saturated heterocycles. The maximum absolute atomic E-state index is 11.9. The molecule has 88 valence electrons. The van der Waals surface area contributed by atoms with Crippen LogP contribution in [-0.4, -0.2) is 11.1 Å². The zero-order chi connectivity index (χ0) is 12.4. The van der Waals surface area contributed by atoms with E-state index in [4.69, 9.17) is 21.9 Å². The van der Waals surface area contributed by atoms with Crippen LogP contribution in [0.3, 0.4) is 0 Å². The van der Waals surface area contributed by atoms with Crippen LogP contribution in [0.15, 0.2) is 28.8 Å². The Morgan fingerprint density at radius 1 is 1.53 bits per heavy atom. The molecular formula is C11H10ClN3O2. The van der Waals surface area contributed by atoms with E-state index in [0.29, 0.717) is 16.3 Å². The summed E-state index contributed by atoms with van der Waals surface area (Å²) in [5.74, 6) is -0.118. The molecule has 1 heterocycles. The summed E-state index contributed by atoms with van der Waals surface area (Å²) in [5.41, 5.74) is 6.92. The standard InChI is InChI=1S/C11H10ClN3O2/c1-6-5-9(17-15-6)14-11(16)7-3-2-4-8(12)10(7)13/h2-5H,13H2,1H3,(H,14,16). The molecule has 0 fully saturated rings. The van der Waals surface area contributed by atoms with Crippen LogP contribution in [0.1, 0.15) is 16.1 Å². The maximum atomic E-state index is 11.9. The molecule has 1 aromatic carbocycles. The van der Waals surface area contributed by atoms with Gasteiger partial charge in [-0.1, -0.05) is 22.8 Å². The highest BCUT2D eigenvalue weighted by atomic mass is 35.5. The fourth-order valence-electron chi connectivity index (χ4n) is 1.34. The van der Waals surface area contributed by atoms with Crippen molar-refractivity contribution in [1.29, 1.82) is 0 Å². The Labute approximate surface area is 103 Å². The summed E-state index contributed by atoms with van der Waals surface area (Å²) in [7, 11) is 0. The molecule has 0 aliphatic heterocycles. The van der Waals surface area contributed by atoms with E-state index in [9.17, 15) is 4.79 Å². The van der Waals surface area contributed by atoms with Crippen molar-refractivity contribution in [2.24, 2.45) is 0 Å². The van der Waals surface area contributed by atoms with Crippen molar-refractivity contribution in [2.45, 2.75) is 6.92 Å². The quantitative estimate of drug-likeness (QED) is 0.804. The second kappa shape index (κ2) is 4.47. The number of para-hydroxylation sites is 1. The van der Waals surface area contributed by atoms with Gasteiger partial charge in [0.2, 0.25) is 5.88 Å². The minimum atomic E-state index is -0.388. The molecule has 0 aliphatic rings. The number of aromatic nitrogens is 1. The van der Waals surface area contributed by atoms with Crippen molar-refractivity contribution >= 4 is 29.1 Å². The van der Waals surface area contributed by atoms with Crippen molar-refractivity contribution in [2.75, 3.05) is 11.1 Å². The lowest BCUT2D eigenvalue weighted by atomic mass is 10.1. The largest absolute Gasteiger partial charge is 0.397 e. The minimum Gasteiger partial charge on any atom is -0.397 e. The van der Waals surface area contributed by atoms with E-state index >= 15 is 0 Å². The number of nitrogens with zero attached hydrogens (tertiary/aromatic N) is 1. The SMILES string of the molecule is Cc1cc(NC(=O)c2cccc(Cl)c2N)on1. The average Bonchev–Trinajstić information content (AvgIpc) is 2.68. The van der Waals surface area contributed by atoms with Crippen LogP contribution in [0.4, 0.5) is 11.6 Å². The van der Waals surface area contributed by atoms with E-state index in [1.165, 1.54) is 0 Å². The summed E-state index contributed by atoms with van der Waals surface area (Å²) in [5, 5.41) is 6.54. The molecule has 0 atom stereocenters. The number of nitrogen functional groups attached to an aromatic ring is 1. The number of hydrogen-bond acceptors (Lipinski definition) is 4. The summed E-state index contributed by atoms with van der Waals surface area (Å²) in [6, 6.07) is 6.46. The first kappa shape index (κ1) is 11.5. The molecule has 1 aromatic heterocycles. The second-order valence-electron chi connectivity index (χ2n) is 3.49. The Hall–Kier alpha value is -2.01. The van der Waals surface area contributed by atoms with Gasteiger partial charge in [0.1, 0.15) is 0 Å². The molecule has 17 heavy (non-hydrogen) atoms. The first-order chi connectivity index (χ1) is 8.08. The third kappa shape index (κ3) is 2.39. The van der Waals surface area contributed by atoms with Crippen LogP contribution >= 0.6 is 11.6 Å². The number of nitrogens with two attached hydrogens (primary N) is 1. The predicted molar refractivity (Wildman–Crippen MR) is 65.1 cm³/mol. The highest BCUT2D eigenvalue weighted by Crippen LogP contribution is 2.23. The number of rotatable bonds is 2. The van der Waals surface area contributed by atoms with Crippen molar-refractivity contribution in [1.82, 2.24) is 5.16 Å². The molecule has 0 unspecified atom stereocenters. The summed E-state index contributed by atoms with van der Waals surface area (Å²) in [6.45, 7) is 1.76. The zero-order valence-electron chi connectivity index (χ0n) is 9.03. The van der Waals surface area contributed by atoms with Crippen LogP contribution in [-0.2, 0) is 0 Å². The van der Waals surface area contributed by atoms with Crippen molar-refractivity contribution in [3.63, 3.8) is 0 Å². The van der Waals surface area contributed by atoms with Crippen LogP contribution in [0.25, 0.3) is 0 Å². The topological polar surface area (TPSA) is 81.2 Å². The normalized spacial score (nSPS) is 10.2. The molecule has 3 N–H and O–H groups in total. The molecule has 0 aliphatic carbocycles. The summed E-state index contributed by atoms with van der Waals surface area (Å²) in [6.07, 6.45) is 0. The lowest BCUT2D eigenvalue weighted by Crippen LogP contribution is -2.13. The van der Waals surface area contributed by atoms with E-state index in [2.05, 4.69) is 10.5 Å². The van der Waals surface area contributed by atoms with Gasteiger partial charge in [0.15, 0.2) is 0 Å². The number of halogens is 1. The third-order valence-electron chi connectivity index (χ3n) is 2.16. The van der Waals surface area contributed by atoms with Gasteiger partial charge < -0.3 is 10.3 Å². The zero-order valence-corrected chi connectivity index (χ0v) is 9.78. The smallest absolute Gasteiger partial charge is 0.260 e. The lowest BCUT2D eigenvalue weighted by Gasteiger charge is -2.05. The minimum absolute atomic E-state index is 0.239. The summed E-state index contributed by atoms with van der Waals surface area (Å²) >= 11 is 5.82. The van der Waals surface area contributed by atoms with Crippen LogP contribution < -0.4 is 11.1 Å². The second-order valence-corrected chi connectivity index (χ2v) is 3.89. The van der Waals surface area contributed by atoms with Gasteiger partial charge in [-0.3, -0.25) is 10.1 Å². The number of aryl methyl sites for hydroxylation is 1. The average molecular weight is 252 g/mol. The molecule has 5 nitrogen and oxygen atoms in total. The Morgan fingerprint density at radius 2 is 2.29 bits per heavy atom. The Kier molecular flexibility index (Phi) is 3.01. The molecule has 0 saturated carbocycles. The van der Waals surface area contributed by atoms with E-state index in [1.807, 2.05) is 0 Å². The van der Waals surface area contributed by atoms with Crippen LogP contribution in [0.2, 0.25) is 5.02 Å². The van der Waals surface area contributed by atoms with Gasteiger partial charge in [-0.2, -0.15) is 0 Å². The van der Waals surface area contributed by atoms with Crippen LogP contribution in [0.5, 0.6) is 0 Å². The third-order valence-corrected chi connectivity index (χ3v) is 2.49. The van der Waals surface area contributed by atoms with Crippen molar-refractivity contribution < 1.29 is 9.32 Å². The maximum Gasteiger partial charge on any atom is 0.260 e. The molecule has 0 radical (unpaired) electrons. The predicted octanol–water partition coefficient (Wildman–Crippen LogP) is 2.47. The summed E-state index contributed by atoms with van der Waals surface area (Å²) in [4.78, 5) is 11.9. The van der Waals surface area contributed by atoms with E-state index in [1.54, 1.807) is 31.2 Å². The van der Waals surface area contributed by atoms with Gasteiger partial charge in [0.25, 0.3) is 5.91 Å². The fourth-order valence-corrected chi connectivity index (χ4v) is 1.51. The fraction of sp³-hybridized carbons (Fsp3) is 0.0909. The van der Waals surface area contributed by atoms with E-state index in [-0.39, 0.29) is 17.5 Å². The molecule has 1 amide bonds. The van der Waals surface area contributed by atoms with Gasteiger partial charge in [-0.05, 0) is 19.1 Å². The summed E-state index contributed by atoms with van der Waals surface area (Å²) < 4.78 is 4.87. The number of carbonyl (C=O) groups excluding carboxylic acids is 1. The first-order valence-electron chi connectivity index (χ1n) is 4.86. The van der Waals surface area contributed by atoms with Crippen molar-refractivity contribution in [3.8, 4) is 0 Å². The molecular weight excluding hydrogens is 242 g/mol. The number of carbonyl (C=O) groups is 1. The van der Waals surface area contributed by atoms with Gasteiger partial charge in [0, 0.05) is 6.07 Å². The monoisotopic (exact) mass is 251 g/mol. The number of benzene rings is 1. The number of hydrogen-bond donors (Lipinski definition) is 2. The molecule has 0 bridgehead atoms. The van der Waals surface area contributed by atoms with Crippen LogP contribution in [0, 0.1) is 6.92 Å². The highest BCUT2D eigenvalue weighted by Gasteiger charge is 2.13. The Bertz CT molecular complexity index is 566. The van der Waals surface area contributed by atoms with Gasteiger partial charge in [-0.15, -0.1) is 0 Å². The van der Waals surface area contributed by atoms with Gasteiger partial charge in [0.05, 0.1) is 22.0 Å². The molecule has 2 rings (SSSR count). The van der Waals surface area contributed by atoms with Gasteiger partial charge in [-0.25, -0.2) is 0 Å². The molecule has 2 aromatic rings.